The topological polar surface area (TPSA) is 75.4 Å². The van der Waals surface area contributed by atoms with Gasteiger partial charge in [-0.25, -0.2) is 9.97 Å². The number of piperidine rings is 1. The number of carbonyl (C=O) groups is 1. The second-order valence-corrected chi connectivity index (χ2v) is 8.79. The lowest BCUT2D eigenvalue weighted by Crippen LogP contribution is -2.42. The number of pyridine rings is 2. The van der Waals surface area contributed by atoms with E-state index in [0.29, 0.717) is 17.4 Å². The normalized spacial score (nSPS) is 14.8. The molecule has 0 N–H and O–H groups in total. The van der Waals surface area contributed by atoms with Gasteiger partial charge in [0.1, 0.15) is 5.82 Å². The second kappa shape index (κ2) is 9.11. The van der Waals surface area contributed by atoms with Crippen molar-refractivity contribution in [3.05, 3.63) is 72.6 Å². The van der Waals surface area contributed by atoms with Crippen molar-refractivity contribution < 1.29 is 9.21 Å². The third-order valence-corrected chi connectivity index (χ3v) is 6.42. The van der Waals surface area contributed by atoms with Gasteiger partial charge in [-0.1, -0.05) is 12.1 Å². The number of anilines is 1. The molecule has 3 aromatic heterocycles. The Balaban J connectivity index is 1.32. The lowest BCUT2D eigenvalue weighted by molar-refractivity contribution is 0.0992. The van der Waals surface area contributed by atoms with Crippen LogP contribution in [0.15, 0.2) is 65.8 Å². The molecule has 1 saturated heterocycles. The molecule has 7 heteroatoms. The predicted octanol–water partition coefficient (Wildman–Crippen LogP) is 4.24. The van der Waals surface area contributed by atoms with Gasteiger partial charge >= 0.3 is 0 Å². The smallest absolute Gasteiger partial charge is 0.181 e. The van der Waals surface area contributed by atoms with Gasteiger partial charge in [-0.15, -0.1) is 0 Å². The zero-order valence-electron chi connectivity index (χ0n) is 18.9. The van der Waals surface area contributed by atoms with Crippen molar-refractivity contribution in [3.63, 3.8) is 0 Å². The summed E-state index contributed by atoms with van der Waals surface area (Å²) in [6, 6.07) is 12.3. The fourth-order valence-corrected chi connectivity index (χ4v) is 4.44. The largest absolute Gasteiger partial charge is 0.444 e. The molecule has 33 heavy (non-hydrogen) atoms. The summed E-state index contributed by atoms with van der Waals surface area (Å²) in [4.78, 5) is 30.7. The number of oxazole rings is 1. The van der Waals surface area contributed by atoms with Crippen molar-refractivity contribution in [1.82, 2.24) is 19.9 Å². The first-order valence-corrected chi connectivity index (χ1v) is 11.2. The van der Waals surface area contributed by atoms with Crippen LogP contribution in [0.4, 0.5) is 5.82 Å². The SMILES string of the molecule is CN(C)C1CCN(c2cc(C(=O)Cc3cc4cc(-c5cnco5)ccc4cn3)ccn2)CC1. The van der Waals surface area contributed by atoms with Crippen molar-refractivity contribution in [2.75, 3.05) is 32.1 Å². The number of hydrogen-bond donors (Lipinski definition) is 0. The van der Waals surface area contributed by atoms with Crippen LogP contribution in [-0.4, -0.2) is 58.9 Å². The van der Waals surface area contributed by atoms with Gasteiger partial charge in [0.2, 0.25) is 0 Å². The number of ketones is 1. The minimum atomic E-state index is 0.0417. The van der Waals surface area contributed by atoms with Crippen LogP contribution in [0.5, 0.6) is 0 Å². The van der Waals surface area contributed by atoms with Crippen molar-refractivity contribution in [3.8, 4) is 11.3 Å². The number of benzene rings is 1. The number of fused-ring (bicyclic) bond motifs is 1. The highest BCUT2D eigenvalue weighted by atomic mass is 16.3. The first-order valence-electron chi connectivity index (χ1n) is 11.2. The summed E-state index contributed by atoms with van der Waals surface area (Å²) in [5.41, 5.74) is 2.36. The Morgan fingerprint density at radius 2 is 1.91 bits per heavy atom. The summed E-state index contributed by atoms with van der Waals surface area (Å²) in [6.07, 6.45) is 9.11. The van der Waals surface area contributed by atoms with Crippen LogP contribution in [-0.2, 0) is 6.42 Å². The highest BCUT2D eigenvalue weighted by molar-refractivity contribution is 5.98. The summed E-state index contributed by atoms with van der Waals surface area (Å²) in [5.74, 6) is 1.63. The van der Waals surface area contributed by atoms with Gasteiger partial charge < -0.3 is 14.2 Å². The Kier molecular flexibility index (Phi) is 5.88. The van der Waals surface area contributed by atoms with Gasteiger partial charge in [-0.05, 0) is 56.6 Å². The van der Waals surface area contributed by atoms with Crippen LogP contribution in [0.1, 0.15) is 28.9 Å². The molecule has 1 fully saturated rings. The van der Waals surface area contributed by atoms with E-state index in [1.165, 1.54) is 6.39 Å². The van der Waals surface area contributed by atoms with Crippen LogP contribution < -0.4 is 4.90 Å². The Morgan fingerprint density at radius 1 is 1.06 bits per heavy atom. The van der Waals surface area contributed by atoms with E-state index >= 15 is 0 Å². The molecule has 168 valence electrons. The molecule has 5 rings (SSSR count). The summed E-state index contributed by atoms with van der Waals surface area (Å²) >= 11 is 0. The number of aromatic nitrogens is 3. The molecule has 0 atom stereocenters. The molecule has 4 heterocycles. The van der Waals surface area contributed by atoms with E-state index in [0.717, 1.165) is 53.8 Å². The molecule has 0 aliphatic carbocycles. The zero-order valence-corrected chi connectivity index (χ0v) is 18.9. The first kappa shape index (κ1) is 21.3. The highest BCUT2D eigenvalue weighted by Gasteiger charge is 2.22. The van der Waals surface area contributed by atoms with Crippen LogP contribution in [0.3, 0.4) is 0 Å². The molecule has 1 aliphatic heterocycles. The molecule has 1 aliphatic rings. The third kappa shape index (κ3) is 4.64. The van der Waals surface area contributed by atoms with Crippen LogP contribution in [0.2, 0.25) is 0 Å². The number of nitrogens with zero attached hydrogens (tertiary/aromatic N) is 5. The molecule has 0 unspecified atom stereocenters. The van der Waals surface area contributed by atoms with Gasteiger partial charge in [0.25, 0.3) is 0 Å². The molecular formula is C26H27N5O2. The molecule has 0 bridgehead atoms. The van der Waals surface area contributed by atoms with Gasteiger partial charge in [0, 0.05) is 53.7 Å². The van der Waals surface area contributed by atoms with E-state index in [9.17, 15) is 4.79 Å². The predicted molar refractivity (Wildman–Crippen MR) is 128 cm³/mol. The van der Waals surface area contributed by atoms with E-state index in [2.05, 4.69) is 38.8 Å². The van der Waals surface area contributed by atoms with Crippen molar-refractivity contribution in [2.45, 2.75) is 25.3 Å². The lowest BCUT2D eigenvalue weighted by atomic mass is 10.0. The minimum Gasteiger partial charge on any atom is -0.444 e. The number of carbonyl (C=O) groups excluding carboxylic acids is 1. The quantitative estimate of drug-likeness (QED) is 0.414. The summed E-state index contributed by atoms with van der Waals surface area (Å²) in [6.45, 7) is 1.90. The maximum Gasteiger partial charge on any atom is 0.181 e. The summed E-state index contributed by atoms with van der Waals surface area (Å²) in [5, 5.41) is 2.03. The van der Waals surface area contributed by atoms with Crippen LogP contribution >= 0.6 is 0 Å². The van der Waals surface area contributed by atoms with Gasteiger partial charge in [-0.3, -0.25) is 9.78 Å². The van der Waals surface area contributed by atoms with Gasteiger partial charge in [0.15, 0.2) is 17.9 Å². The standard InChI is InChI=1S/C26H27N5O2/c1-30(2)23-6-9-31(10-7-23)26-13-18(5-8-28-26)24(32)14-22-12-21-11-19(25-16-27-17-33-25)3-4-20(21)15-29-22/h3-5,8,11-13,15-17,23H,6-7,9-10,14H2,1-2H3. The fraction of sp³-hybridized carbons (Fsp3) is 0.308. The van der Waals surface area contributed by atoms with Crippen molar-refractivity contribution in [1.29, 1.82) is 0 Å². The van der Waals surface area contributed by atoms with E-state index in [1.54, 1.807) is 18.5 Å². The molecule has 0 amide bonds. The molecular weight excluding hydrogens is 414 g/mol. The third-order valence-electron chi connectivity index (χ3n) is 6.42. The van der Waals surface area contributed by atoms with Crippen LogP contribution in [0.25, 0.3) is 22.1 Å². The number of rotatable bonds is 6. The molecule has 0 spiro atoms. The van der Waals surface area contributed by atoms with E-state index < -0.39 is 0 Å². The summed E-state index contributed by atoms with van der Waals surface area (Å²) in [7, 11) is 4.27. The maximum absolute atomic E-state index is 13.1. The number of hydrogen-bond acceptors (Lipinski definition) is 7. The first-order chi connectivity index (χ1) is 16.1. The average Bonchev–Trinajstić information content (AvgIpc) is 3.39. The Morgan fingerprint density at radius 3 is 2.67 bits per heavy atom. The molecule has 4 aromatic rings. The Hall–Kier alpha value is -3.58. The van der Waals surface area contributed by atoms with Gasteiger partial charge in [0.05, 0.1) is 12.6 Å². The molecule has 0 radical (unpaired) electrons. The second-order valence-electron chi connectivity index (χ2n) is 8.79. The van der Waals surface area contributed by atoms with E-state index in [4.69, 9.17) is 4.42 Å². The Labute approximate surface area is 193 Å². The van der Waals surface area contributed by atoms with Crippen LogP contribution in [0, 0.1) is 0 Å². The molecule has 1 aromatic carbocycles. The van der Waals surface area contributed by atoms with Gasteiger partial charge in [-0.2, -0.15) is 0 Å². The Bertz CT molecular complexity index is 1260. The molecule has 7 nitrogen and oxygen atoms in total. The average molecular weight is 442 g/mol. The summed E-state index contributed by atoms with van der Waals surface area (Å²) < 4.78 is 5.41. The maximum atomic E-state index is 13.1. The van der Waals surface area contributed by atoms with Crippen molar-refractivity contribution in [2.24, 2.45) is 0 Å². The fourth-order valence-electron chi connectivity index (χ4n) is 4.44. The molecule has 0 saturated carbocycles. The van der Waals surface area contributed by atoms with Crippen molar-refractivity contribution >= 4 is 22.4 Å². The minimum absolute atomic E-state index is 0.0417. The van der Waals surface area contributed by atoms with E-state index in [1.807, 2.05) is 36.5 Å². The van der Waals surface area contributed by atoms with E-state index in [-0.39, 0.29) is 12.2 Å². The lowest BCUT2D eigenvalue weighted by Gasteiger charge is -2.35. The zero-order chi connectivity index (χ0) is 22.8. The monoisotopic (exact) mass is 441 g/mol. The highest BCUT2D eigenvalue weighted by Crippen LogP contribution is 2.25. The number of Topliss-reactive ketones (excluding diaryl/α,β-unsaturated/α-hetero) is 1.